The Hall–Kier alpha value is -0.875. The minimum Gasteiger partial charge on any atom is -0.399 e. The van der Waals surface area contributed by atoms with Gasteiger partial charge in [-0.05, 0) is 45.6 Å². The first-order chi connectivity index (χ1) is 9.16. The van der Waals surface area contributed by atoms with Crippen molar-refractivity contribution in [3.63, 3.8) is 0 Å². The summed E-state index contributed by atoms with van der Waals surface area (Å²) in [7, 11) is -0.415. The second-order valence-electron chi connectivity index (χ2n) is 6.68. The van der Waals surface area contributed by atoms with Crippen LogP contribution in [-0.4, -0.2) is 30.0 Å². The number of epoxide rings is 1. The van der Waals surface area contributed by atoms with E-state index >= 15 is 0 Å². The lowest BCUT2D eigenvalue weighted by Gasteiger charge is -2.32. The lowest BCUT2D eigenvalue weighted by Crippen LogP contribution is -2.41. The predicted octanol–water partition coefficient (Wildman–Crippen LogP) is 1.47. The third-order valence-corrected chi connectivity index (χ3v) is 4.72. The summed E-state index contributed by atoms with van der Waals surface area (Å²) >= 11 is 0. The van der Waals surface area contributed by atoms with Crippen molar-refractivity contribution in [2.24, 2.45) is 0 Å². The lowest BCUT2D eigenvalue weighted by atomic mass is 9.74. The molecule has 0 bridgehead atoms. The molecule has 2 fully saturated rings. The Balaban J connectivity index is 1.97. The third-order valence-electron chi connectivity index (χ3n) is 4.72. The summed E-state index contributed by atoms with van der Waals surface area (Å²) in [6.07, 6.45) is 0. The van der Waals surface area contributed by atoms with Gasteiger partial charge in [-0.2, -0.15) is 0 Å². The molecule has 2 saturated heterocycles. The fourth-order valence-electron chi connectivity index (χ4n) is 2.53. The minimum atomic E-state index is -1.12. The van der Waals surface area contributed by atoms with Gasteiger partial charge in [0.15, 0.2) is 0 Å². The van der Waals surface area contributed by atoms with Gasteiger partial charge in [-0.25, -0.2) is 0 Å². The Morgan fingerprint density at radius 3 is 2.15 bits per heavy atom. The number of ether oxygens (including phenoxy) is 1. The number of aliphatic hydroxyl groups is 1. The molecule has 108 valence electrons. The number of hydrogen-bond acceptors (Lipinski definition) is 4. The topological polar surface area (TPSA) is 51.2 Å². The van der Waals surface area contributed by atoms with Crippen molar-refractivity contribution in [3.8, 4) is 0 Å². The highest BCUT2D eigenvalue weighted by Gasteiger charge is 2.53. The van der Waals surface area contributed by atoms with Crippen LogP contribution < -0.4 is 5.46 Å². The second-order valence-corrected chi connectivity index (χ2v) is 6.68. The molecule has 1 aromatic carbocycles. The maximum atomic E-state index is 10.1. The summed E-state index contributed by atoms with van der Waals surface area (Å²) in [4.78, 5) is 0. The predicted molar refractivity (Wildman–Crippen MR) is 76.7 cm³/mol. The molecule has 0 amide bonds. The van der Waals surface area contributed by atoms with Gasteiger partial charge in [-0.3, -0.25) is 0 Å². The van der Waals surface area contributed by atoms with E-state index in [-0.39, 0.29) is 11.2 Å². The highest BCUT2D eigenvalue weighted by Crippen LogP contribution is 2.39. The van der Waals surface area contributed by atoms with E-state index in [1.165, 1.54) is 0 Å². The molecule has 1 unspecified atom stereocenters. The Kier molecular flexibility index (Phi) is 2.87. The smallest absolute Gasteiger partial charge is 0.399 e. The van der Waals surface area contributed by atoms with Crippen LogP contribution >= 0.6 is 0 Å². The van der Waals surface area contributed by atoms with Gasteiger partial charge in [-0.1, -0.05) is 18.2 Å². The molecule has 2 aliphatic heterocycles. The molecule has 0 spiro atoms. The molecular formula is C15H21BO4. The van der Waals surface area contributed by atoms with Crippen LogP contribution in [0, 0.1) is 6.92 Å². The zero-order valence-electron chi connectivity index (χ0n) is 12.7. The van der Waals surface area contributed by atoms with E-state index in [2.05, 4.69) is 0 Å². The molecule has 0 aromatic heterocycles. The van der Waals surface area contributed by atoms with E-state index in [1.807, 2.05) is 52.8 Å². The molecular weight excluding hydrogens is 255 g/mol. The Morgan fingerprint density at radius 2 is 1.65 bits per heavy atom. The Bertz CT molecular complexity index is 533. The van der Waals surface area contributed by atoms with Crippen LogP contribution in [0.25, 0.3) is 0 Å². The number of benzene rings is 1. The molecule has 2 aliphatic rings. The standard InChI is InChI=1S/C15H21BO4/c1-10-11(15(17)9-18-15)7-6-8-12(10)16-19-13(2,3)14(4,5)20-16/h6-8,17H,9H2,1-5H3. The lowest BCUT2D eigenvalue weighted by molar-refractivity contribution is 0.00578. The highest BCUT2D eigenvalue weighted by atomic mass is 16.7. The molecule has 5 heteroatoms. The summed E-state index contributed by atoms with van der Waals surface area (Å²) in [5, 5.41) is 10.1. The van der Waals surface area contributed by atoms with Gasteiger partial charge >= 0.3 is 7.12 Å². The largest absolute Gasteiger partial charge is 0.495 e. The van der Waals surface area contributed by atoms with Gasteiger partial charge in [0.05, 0.1) is 11.2 Å². The van der Waals surface area contributed by atoms with Crippen LogP contribution in [-0.2, 0) is 19.8 Å². The summed E-state index contributed by atoms with van der Waals surface area (Å²) in [5.74, 6) is -1.12. The molecule has 0 radical (unpaired) electrons. The fraction of sp³-hybridized carbons (Fsp3) is 0.600. The van der Waals surface area contributed by atoms with Crippen molar-refractivity contribution in [3.05, 3.63) is 29.3 Å². The monoisotopic (exact) mass is 276 g/mol. The van der Waals surface area contributed by atoms with Crippen molar-refractivity contribution in [1.82, 2.24) is 0 Å². The van der Waals surface area contributed by atoms with E-state index in [0.717, 1.165) is 16.6 Å². The Morgan fingerprint density at radius 1 is 1.10 bits per heavy atom. The zero-order valence-corrected chi connectivity index (χ0v) is 12.7. The maximum absolute atomic E-state index is 10.1. The first-order valence-corrected chi connectivity index (χ1v) is 6.98. The van der Waals surface area contributed by atoms with Crippen molar-refractivity contribution < 1.29 is 19.2 Å². The third kappa shape index (κ3) is 2.01. The van der Waals surface area contributed by atoms with Crippen molar-refractivity contribution in [2.75, 3.05) is 6.61 Å². The van der Waals surface area contributed by atoms with Crippen LogP contribution in [0.3, 0.4) is 0 Å². The van der Waals surface area contributed by atoms with Gasteiger partial charge in [0.2, 0.25) is 5.79 Å². The maximum Gasteiger partial charge on any atom is 0.495 e. The molecule has 0 saturated carbocycles. The SMILES string of the molecule is Cc1c(B2OC(C)(C)C(C)(C)O2)cccc1C1(O)CO1. The quantitative estimate of drug-likeness (QED) is 0.656. The van der Waals surface area contributed by atoms with E-state index < -0.39 is 12.9 Å². The molecule has 0 aliphatic carbocycles. The van der Waals surface area contributed by atoms with Crippen molar-refractivity contribution in [1.29, 1.82) is 0 Å². The van der Waals surface area contributed by atoms with E-state index in [0.29, 0.717) is 6.61 Å². The average molecular weight is 276 g/mol. The van der Waals surface area contributed by atoms with E-state index in [1.54, 1.807) is 0 Å². The molecule has 2 heterocycles. The second kappa shape index (κ2) is 4.07. The van der Waals surface area contributed by atoms with Gasteiger partial charge in [0.1, 0.15) is 6.61 Å². The fourth-order valence-corrected chi connectivity index (χ4v) is 2.53. The van der Waals surface area contributed by atoms with Crippen LogP contribution in [0.1, 0.15) is 38.8 Å². The minimum absolute atomic E-state index is 0.348. The first kappa shape index (κ1) is 14.1. The molecule has 1 N–H and O–H groups in total. The molecule has 20 heavy (non-hydrogen) atoms. The molecule has 1 aromatic rings. The summed E-state index contributed by atoms with van der Waals surface area (Å²) in [6, 6.07) is 5.77. The van der Waals surface area contributed by atoms with Crippen molar-refractivity contribution >= 4 is 12.6 Å². The van der Waals surface area contributed by atoms with Gasteiger partial charge < -0.3 is 19.2 Å². The molecule has 1 atom stereocenters. The molecule has 3 rings (SSSR count). The van der Waals surface area contributed by atoms with Crippen molar-refractivity contribution in [2.45, 2.75) is 51.6 Å². The summed E-state index contributed by atoms with van der Waals surface area (Å²) < 4.78 is 17.3. The van der Waals surface area contributed by atoms with Crippen LogP contribution in [0.5, 0.6) is 0 Å². The van der Waals surface area contributed by atoms with Gasteiger partial charge in [0.25, 0.3) is 0 Å². The molecule has 4 nitrogen and oxygen atoms in total. The Labute approximate surface area is 120 Å². The normalized spacial score (nSPS) is 30.6. The summed E-state index contributed by atoms with van der Waals surface area (Å²) in [6.45, 7) is 10.4. The first-order valence-electron chi connectivity index (χ1n) is 6.98. The van der Waals surface area contributed by atoms with Gasteiger partial charge in [0, 0.05) is 5.56 Å². The van der Waals surface area contributed by atoms with Crippen LogP contribution in [0.2, 0.25) is 0 Å². The van der Waals surface area contributed by atoms with E-state index in [9.17, 15) is 5.11 Å². The average Bonchev–Trinajstić information content (AvgIpc) is 3.01. The summed E-state index contributed by atoms with van der Waals surface area (Å²) in [5.41, 5.74) is 1.97. The highest BCUT2D eigenvalue weighted by molar-refractivity contribution is 6.62. The van der Waals surface area contributed by atoms with Gasteiger partial charge in [-0.15, -0.1) is 0 Å². The number of rotatable bonds is 2. The van der Waals surface area contributed by atoms with E-state index in [4.69, 9.17) is 14.0 Å². The van der Waals surface area contributed by atoms with Crippen LogP contribution in [0.15, 0.2) is 18.2 Å². The number of hydrogen-bond donors (Lipinski definition) is 1. The zero-order chi connectivity index (χ0) is 14.8. The van der Waals surface area contributed by atoms with Crippen LogP contribution in [0.4, 0.5) is 0 Å².